The Morgan fingerprint density at radius 2 is 1.78 bits per heavy atom. The lowest BCUT2D eigenvalue weighted by Crippen LogP contribution is -2.47. The SMILES string of the molecule is CC(OC(=O)CCC(=O)N1CCC(C(=O)O)CC1)OC(=O)OC(Cn1cncn1)(c1ccc(F)cc1F)C(C)SC1COC(/C=C/C=C/c2ccc(C#N)cc2F)OC1. The van der Waals surface area contributed by atoms with Gasteiger partial charge in [-0.25, -0.2) is 27.6 Å². The van der Waals surface area contributed by atoms with E-state index in [0.717, 1.165) is 18.2 Å². The molecule has 3 unspecified atom stereocenters. The zero-order valence-electron chi connectivity index (χ0n) is 32.1. The second-order valence-corrected chi connectivity index (χ2v) is 15.3. The summed E-state index contributed by atoms with van der Waals surface area (Å²) in [5.74, 6) is -5.10. The molecule has 0 bridgehead atoms. The first-order chi connectivity index (χ1) is 28.3. The fraction of sp³-hybridized carbons (Fsp3) is 0.425. The molecule has 19 heteroatoms. The zero-order chi connectivity index (χ0) is 42.5. The van der Waals surface area contributed by atoms with Gasteiger partial charge in [-0.05, 0) is 50.1 Å². The molecular weight excluding hydrogens is 800 g/mol. The molecule has 0 aliphatic carbocycles. The highest BCUT2D eigenvalue weighted by atomic mass is 32.2. The third-order valence-electron chi connectivity index (χ3n) is 9.55. The van der Waals surface area contributed by atoms with Gasteiger partial charge in [-0.2, -0.15) is 10.4 Å². The van der Waals surface area contributed by atoms with E-state index >= 15 is 4.39 Å². The quantitative estimate of drug-likeness (QED) is 0.104. The molecule has 2 aliphatic heterocycles. The number of likely N-dealkylation sites (tertiary alicyclic amines) is 1. The van der Waals surface area contributed by atoms with Gasteiger partial charge in [-0.1, -0.05) is 24.3 Å². The van der Waals surface area contributed by atoms with Crippen LogP contribution in [0.25, 0.3) is 6.08 Å². The Bertz CT molecular complexity index is 2050. The predicted octanol–water partition coefficient (Wildman–Crippen LogP) is 5.74. The number of ether oxygens (including phenoxy) is 5. The van der Waals surface area contributed by atoms with Crippen LogP contribution in [0.4, 0.5) is 18.0 Å². The molecule has 1 aromatic heterocycles. The van der Waals surface area contributed by atoms with Gasteiger partial charge >= 0.3 is 18.1 Å². The number of benzene rings is 2. The minimum absolute atomic E-state index is 0.143. The van der Waals surface area contributed by atoms with Crippen LogP contribution in [0.5, 0.6) is 0 Å². The molecule has 1 N–H and O–H groups in total. The van der Waals surface area contributed by atoms with Crippen LogP contribution in [0.1, 0.15) is 56.2 Å². The van der Waals surface area contributed by atoms with Crippen molar-refractivity contribution in [2.45, 2.75) is 74.8 Å². The van der Waals surface area contributed by atoms with E-state index in [0.29, 0.717) is 18.9 Å². The van der Waals surface area contributed by atoms with Crippen molar-refractivity contribution < 1.29 is 61.1 Å². The number of thioether (sulfide) groups is 1. The van der Waals surface area contributed by atoms with E-state index in [-0.39, 0.29) is 73.5 Å². The second kappa shape index (κ2) is 20.8. The normalized spacial score (nSPS) is 19.4. The largest absolute Gasteiger partial charge is 0.512 e. The van der Waals surface area contributed by atoms with Crippen molar-refractivity contribution >= 4 is 41.8 Å². The van der Waals surface area contributed by atoms with Gasteiger partial charge < -0.3 is 33.7 Å². The number of esters is 1. The molecule has 2 aliphatic rings. The Morgan fingerprint density at radius 3 is 2.42 bits per heavy atom. The number of nitrogens with zero attached hydrogens (tertiary/aromatic N) is 5. The van der Waals surface area contributed by atoms with E-state index < -0.39 is 64.9 Å². The van der Waals surface area contributed by atoms with Crippen LogP contribution in [0.15, 0.2) is 67.3 Å². The maximum atomic E-state index is 15.8. The molecule has 1 amide bonds. The summed E-state index contributed by atoms with van der Waals surface area (Å²) in [6.45, 7) is 3.37. The number of carboxylic acid groups (broad SMARTS) is 1. The molecule has 0 spiro atoms. The van der Waals surface area contributed by atoms with Crippen molar-refractivity contribution in [1.82, 2.24) is 19.7 Å². The van der Waals surface area contributed by atoms with Gasteiger partial charge in [0, 0.05) is 48.9 Å². The zero-order valence-corrected chi connectivity index (χ0v) is 32.9. The summed E-state index contributed by atoms with van der Waals surface area (Å²) >= 11 is 1.23. The molecule has 3 aromatic rings. The van der Waals surface area contributed by atoms with Crippen molar-refractivity contribution in [3.05, 3.63) is 101 Å². The molecule has 2 fully saturated rings. The number of carbonyl (C=O) groups excluding carboxylic acids is 3. The van der Waals surface area contributed by atoms with Crippen LogP contribution < -0.4 is 0 Å². The van der Waals surface area contributed by atoms with E-state index in [1.807, 2.05) is 6.07 Å². The number of aromatic nitrogens is 3. The number of aliphatic carboxylic acids is 1. The third kappa shape index (κ3) is 12.4. The van der Waals surface area contributed by atoms with Crippen molar-refractivity contribution in [3.63, 3.8) is 0 Å². The first-order valence-corrected chi connectivity index (χ1v) is 19.5. The summed E-state index contributed by atoms with van der Waals surface area (Å²) in [6.07, 6.45) is 5.31. The van der Waals surface area contributed by atoms with Crippen LogP contribution in [0, 0.1) is 34.7 Å². The highest BCUT2D eigenvalue weighted by Gasteiger charge is 2.47. The number of hydrogen-bond donors (Lipinski definition) is 1. The number of piperidine rings is 1. The van der Waals surface area contributed by atoms with Gasteiger partial charge in [0.25, 0.3) is 0 Å². The lowest BCUT2D eigenvalue weighted by atomic mass is 9.89. The van der Waals surface area contributed by atoms with Gasteiger partial charge in [0.05, 0.1) is 49.0 Å². The Hall–Kier alpha value is -5.71. The van der Waals surface area contributed by atoms with Crippen molar-refractivity contribution in [3.8, 4) is 6.07 Å². The van der Waals surface area contributed by atoms with Gasteiger partial charge in [0.15, 0.2) is 11.9 Å². The summed E-state index contributed by atoms with van der Waals surface area (Å²) in [6, 6.07) is 8.80. The Labute approximate surface area is 341 Å². The molecule has 2 aromatic carbocycles. The number of carbonyl (C=O) groups is 4. The third-order valence-corrected chi connectivity index (χ3v) is 11.0. The number of carboxylic acids is 1. The summed E-state index contributed by atoms with van der Waals surface area (Å²) in [7, 11) is 0. The van der Waals surface area contributed by atoms with Crippen LogP contribution in [0.2, 0.25) is 0 Å². The first-order valence-electron chi connectivity index (χ1n) is 18.6. The smallest absolute Gasteiger partial charge is 0.481 e. The molecule has 2 saturated heterocycles. The van der Waals surface area contributed by atoms with Crippen LogP contribution in [-0.2, 0) is 50.2 Å². The summed E-state index contributed by atoms with van der Waals surface area (Å²) in [5, 5.41) is 21.0. The topological polar surface area (TPSA) is 192 Å². The van der Waals surface area contributed by atoms with Crippen LogP contribution in [0.3, 0.4) is 0 Å². The van der Waals surface area contributed by atoms with E-state index in [9.17, 15) is 33.1 Å². The Kier molecular flexibility index (Phi) is 15.7. The molecule has 3 heterocycles. The molecule has 314 valence electrons. The molecule has 15 nitrogen and oxygen atoms in total. The second-order valence-electron chi connectivity index (χ2n) is 13.7. The van der Waals surface area contributed by atoms with Crippen LogP contribution in [-0.4, -0.2) is 98.2 Å². The highest BCUT2D eigenvalue weighted by Crippen LogP contribution is 2.42. The van der Waals surface area contributed by atoms with E-state index in [1.165, 1.54) is 59.1 Å². The lowest BCUT2D eigenvalue weighted by Gasteiger charge is -2.40. The summed E-state index contributed by atoms with van der Waals surface area (Å²) < 4.78 is 73.6. The molecule has 5 rings (SSSR count). The first kappa shape index (κ1) is 44.4. The minimum atomic E-state index is -1.94. The molecule has 0 radical (unpaired) electrons. The molecule has 59 heavy (non-hydrogen) atoms. The molecular formula is C40H42F3N5O10S. The van der Waals surface area contributed by atoms with Gasteiger partial charge in [-0.15, -0.1) is 11.8 Å². The average molecular weight is 842 g/mol. The number of halogens is 3. The Balaban J connectivity index is 1.22. The predicted molar refractivity (Wildman–Crippen MR) is 203 cm³/mol. The molecule has 3 atom stereocenters. The highest BCUT2D eigenvalue weighted by molar-refractivity contribution is 8.00. The number of rotatable bonds is 16. The van der Waals surface area contributed by atoms with Crippen molar-refractivity contribution in [1.29, 1.82) is 5.26 Å². The van der Waals surface area contributed by atoms with Gasteiger partial charge in [0.1, 0.15) is 30.1 Å². The summed E-state index contributed by atoms with van der Waals surface area (Å²) in [4.78, 5) is 55.4. The maximum absolute atomic E-state index is 15.8. The maximum Gasteiger partial charge on any atom is 0.512 e. The standard InChI is InChI=1S/C40H42F3N5O10S/c1-25(59-31-20-54-37(55-21-31)6-4-3-5-28-8-7-27(19-44)17-33(28)42)40(22-48-24-45-23-46-48,32-10-9-30(41)18-34(32)43)58-39(53)57-26(2)56-36(50)12-11-35(49)47-15-13-29(14-16-47)38(51)52/h3-10,17-18,23-26,29,31,37H,11-16,20-22H2,1-2H3,(H,51,52)/b5-3+,6-4+. The fourth-order valence-electron chi connectivity index (χ4n) is 6.44. The lowest BCUT2D eigenvalue weighted by molar-refractivity contribution is -0.172. The van der Waals surface area contributed by atoms with E-state index in [1.54, 1.807) is 25.2 Å². The van der Waals surface area contributed by atoms with Crippen molar-refractivity contribution in [2.24, 2.45) is 5.92 Å². The molecule has 0 saturated carbocycles. The fourth-order valence-corrected chi connectivity index (χ4v) is 7.81. The van der Waals surface area contributed by atoms with Gasteiger partial charge in [0.2, 0.25) is 12.2 Å². The number of nitriles is 1. The van der Waals surface area contributed by atoms with Gasteiger partial charge in [-0.3, -0.25) is 14.4 Å². The van der Waals surface area contributed by atoms with Crippen LogP contribution >= 0.6 is 11.8 Å². The number of allylic oxidation sites excluding steroid dienone is 2. The summed E-state index contributed by atoms with van der Waals surface area (Å²) in [5.41, 5.74) is -1.67. The number of amides is 1. The number of hydrogen-bond acceptors (Lipinski definition) is 13. The minimum Gasteiger partial charge on any atom is -0.481 e. The Morgan fingerprint density at radius 1 is 1.03 bits per heavy atom. The average Bonchev–Trinajstić information content (AvgIpc) is 3.72. The van der Waals surface area contributed by atoms with E-state index in [4.69, 9.17) is 28.9 Å². The van der Waals surface area contributed by atoms with E-state index in [2.05, 4.69) is 10.1 Å². The van der Waals surface area contributed by atoms with Crippen molar-refractivity contribution in [2.75, 3.05) is 26.3 Å². The monoisotopic (exact) mass is 841 g/mol.